The van der Waals surface area contributed by atoms with Crippen LogP contribution in [0.1, 0.15) is 28.7 Å². The van der Waals surface area contributed by atoms with E-state index in [0.29, 0.717) is 23.5 Å². The number of hydrogen-bond acceptors (Lipinski definition) is 6. The van der Waals surface area contributed by atoms with Crippen LogP contribution in [0.25, 0.3) is 5.65 Å². The predicted molar refractivity (Wildman–Crippen MR) is 72.5 cm³/mol. The van der Waals surface area contributed by atoms with Gasteiger partial charge in [0.2, 0.25) is 0 Å². The summed E-state index contributed by atoms with van der Waals surface area (Å²) >= 11 is 0. The molecule has 0 atom stereocenters. The molecule has 3 heterocycles. The third-order valence-corrected chi connectivity index (χ3v) is 3.15. The van der Waals surface area contributed by atoms with Gasteiger partial charge in [0.15, 0.2) is 11.4 Å². The van der Waals surface area contributed by atoms with Gasteiger partial charge in [-0.05, 0) is 29.0 Å². The van der Waals surface area contributed by atoms with Crippen molar-refractivity contribution in [3.8, 4) is 0 Å². The summed E-state index contributed by atoms with van der Waals surface area (Å²) in [6, 6.07) is 5.19. The maximum atomic E-state index is 12.4. The van der Waals surface area contributed by atoms with Crippen LogP contribution in [0.15, 0.2) is 28.9 Å². The number of rotatable bonds is 4. The van der Waals surface area contributed by atoms with Crippen LogP contribution >= 0.6 is 0 Å². The molecule has 0 aliphatic rings. The van der Waals surface area contributed by atoms with Crippen molar-refractivity contribution in [3.63, 3.8) is 0 Å². The summed E-state index contributed by atoms with van der Waals surface area (Å²) in [6.07, 6.45) is 2.46. The Labute approximate surface area is 120 Å². The van der Waals surface area contributed by atoms with Crippen LogP contribution in [0.5, 0.6) is 0 Å². The minimum absolute atomic E-state index is 0.130. The fraction of sp³-hybridized carbons (Fsp3) is 0.308. The normalized spacial score (nSPS) is 11.0. The van der Waals surface area contributed by atoms with Gasteiger partial charge in [0.25, 0.3) is 5.91 Å². The Balaban J connectivity index is 1.76. The third-order valence-electron chi connectivity index (χ3n) is 3.15. The van der Waals surface area contributed by atoms with E-state index in [2.05, 4.69) is 20.7 Å². The van der Waals surface area contributed by atoms with Gasteiger partial charge in [-0.2, -0.15) is 0 Å². The summed E-state index contributed by atoms with van der Waals surface area (Å²) in [5.41, 5.74) is 1.93. The number of carbonyl (C=O) groups is 1. The first kappa shape index (κ1) is 13.2. The molecule has 0 radical (unpaired) electrons. The smallest absolute Gasteiger partial charge is 0.254 e. The van der Waals surface area contributed by atoms with Crippen molar-refractivity contribution in [2.45, 2.75) is 19.9 Å². The van der Waals surface area contributed by atoms with Gasteiger partial charge in [0.1, 0.15) is 0 Å². The number of pyridine rings is 1. The Hall–Kier alpha value is -2.77. The van der Waals surface area contributed by atoms with E-state index in [1.807, 2.05) is 13.0 Å². The first-order chi connectivity index (χ1) is 10.2. The van der Waals surface area contributed by atoms with Crippen LogP contribution in [0, 0.1) is 0 Å². The average molecular weight is 286 g/mol. The molecule has 1 amide bonds. The topological polar surface area (TPSA) is 89.4 Å². The molecule has 8 heteroatoms. The largest absolute Gasteiger partial charge is 0.359 e. The number of hydrogen-bond donors (Lipinski definition) is 0. The predicted octanol–water partition coefficient (Wildman–Crippen LogP) is 0.947. The minimum atomic E-state index is -0.130. The summed E-state index contributed by atoms with van der Waals surface area (Å²) < 4.78 is 6.69. The number of aromatic nitrogens is 5. The molecule has 0 N–H and O–H groups in total. The highest BCUT2D eigenvalue weighted by Crippen LogP contribution is 2.11. The maximum Gasteiger partial charge on any atom is 0.254 e. The van der Waals surface area contributed by atoms with Crippen molar-refractivity contribution in [2.75, 3.05) is 7.05 Å². The lowest BCUT2D eigenvalue weighted by atomic mass is 10.2. The molecule has 0 saturated carbocycles. The highest BCUT2D eigenvalue weighted by molar-refractivity contribution is 5.94. The molecule has 0 saturated heterocycles. The lowest BCUT2D eigenvalue weighted by Gasteiger charge is -2.15. The Morgan fingerprint density at radius 2 is 2.29 bits per heavy atom. The molecule has 3 rings (SSSR count). The molecule has 0 bridgehead atoms. The van der Waals surface area contributed by atoms with Crippen LogP contribution < -0.4 is 0 Å². The van der Waals surface area contributed by atoms with Crippen molar-refractivity contribution in [3.05, 3.63) is 41.4 Å². The summed E-state index contributed by atoms with van der Waals surface area (Å²) in [4.78, 5) is 13.9. The number of tetrazole rings is 1. The molecule has 0 unspecified atom stereocenters. The zero-order chi connectivity index (χ0) is 14.8. The van der Waals surface area contributed by atoms with E-state index < -0.39 is 0 Å². The maximum absolute atomic E-state index is 12.4. The molecule has 0 fully saturated rings. The van der Waals surface area contributed by atoms with Crippen molar-refractivity contribution in [1.82, 2.24) is 30.1 Å². The number of carbonyl (C=O) groups excluding carboxylic acids is 1. The van der Waals surface area contributed by atoms with Gasteiger partial charge in [0.05, 0.1) is 12.2 Å². The quantitative estimate of drug-likeness (QED) is 0.709. The molecule has 21 heavy (non-hydrogen) atoms. The van der Waals surface area contributed by atoms with Crippen molar-refractivity contribution >= 4 is 11.6 Å². The van der Waals surface area contributed by atoms with Crippen molar-refractivity contribution in [2.24, 2.45) is 0 Å². The molecular formula is C13H14N6O2. The first-order valence-corrected chi connectivity index (χ1v) is 6.55. The summed E-state index contributed by atoms with van der Waals surface area (Å²) in [7, 11) is 1.71. The molecule has 0 aliphatic heterocycles. The Kier molecular flexibility index (Phi) is 3.35. The molecule has 3 aromatic rings. The molecule has 3 aromatic heterocycles. The standard InChI is InChI=1S/C13H14N6O2/c1-3-10-7-11(21-15-10)8-18(2)13(20)9-4-5-19-12(6-9)14-16-17-19/h4-7H,3,8H2,1-2H3. The third kappa shape index (κ3) is 2.60. The van der Waals surface area contributed by atoms with Crippen molar-refractivity contribution < 1.29 is 9.32 Å². The zero-order valence-electron chi connectivity index (χ0n) is 11.7. The second-order valence-corrected chi connectivity index (χ2v) is 4.70. The van der Waals surface area contributed by atoms with Crippen LogP contribution in [-0.2, 0) is 13.0 Å². The number of fused-ring (bicyclic) bond motifs is 1. The summed E-state index contributed by atoms with van der Waals surface area (Å²) in [6.45, 7) is 2.36. The summed E-state index contributed by atoms with van der Waals surface area (Å²) in [5, 5.41) is 15.0. The lowest BCUT2D eigenvalue weighted by Crippen LogP contribution is -2.26. The van der Waals surface area contributed by atoms with Crippen LogP contribution in [0.2, 0.25) is 0 Å². The van der Waals surface area contributed by atoms with Gasteiger partial charge in [-0.3, -0.25) is 4.79 Å². The van der Waals surface area contributed by atoms with Crippen LogP contribution in [0.3, 0.4) is 0 Å². The van der Waals surface area contributed by atoms with Gasteiger partial charge in [-0.25, -0.2) is 4.52 Å². The number of amides is 1. The lowest BCUT2D eigenvalue weighted by molar-refractivity contribution is 0.0772. The van der Waals surface area contributed by atoms with E-state index in [1.165, 1.54) is 4.52 Å². The fourth-order valence-electron chi connectivity index (χ4n) is 2.00. The van der Waals surface area contributed by atoms with E-state index >= 15 is 0 Å². The Bertz CT molecular complexity index is 778. The van der Waals surface area contributed by atoms with Crippen LogP contribution in [0.4, 0.5) is 0 Å². The van der Waals surface area contributed by atoms with E-state index in [9.17, 15) is 4.79 Å². The Morgan fingerprint density at radius 1 is 1.43 bits per heavy atom. The molecule has 0 spiro atoms. The highest BCUT2D eigenvalue weighted by Gasteiger charge is 2.15. The van der Waals surface area contributed by atoms with E-state index in [-0.39, 0.29) is 5.91 Å². The van der Waals surface area contributed by atoms with Gasteiger partial charge in [-0.1, -0.05) is 12.1 Å². The summed E-state index contributed by atoms with van der Waals surface area (Å²) in [5.74, 6) is 0.530. The number of aryl methyl sites for hydroxylation is 1. The van der Waals surface area contributed by atoms with Crippen molar-refractivity contribution in [1.29, 1.82) is 0 Å². The monoisotopic (exact) mass is 286 g/mol. The minimum Gasteiger partial charge on any atom is -0.359 e. The van der Waals surface area contributed by atoms with Gasteiger partial charge < -0.3 is 9.42 Å². The molecule has 0 aliphatic carbocycles. The van der Waals surface area contributed by atoms with Gasteiger partial charge >= 0.3 is 0 Å². The molecule has 0 aromatic carbocycles. The number of nitrogens with zero attached hydrogens (tertiary/aromatic N) is 6. The van der Waals surface area contributed by atoms with Gasteiger partial charge in [0, 0.05) is 24.9 Å². The highest BCUT2D eigenvalue weighted by atomic mass is 16.5. The Morgan fingerprint density at radius 3 is 3.05 bits per heavy atom. The average Bonchev–Trinajstić information content (AvgIpc) is 3.13. The molecule has 108 valence electrons. The molecular weight excluding hydrogens is 272 g/mol. The fourth-order valence-corrected chi connectivity index (χ4v) is 2.00. The molecule has 8 nitrogen and oxygen atoms in total. The SMILES string of the molecule is CCc1cc(CN(C)C(=O)c2ccn3nnnc3c2)on1. The second kappa shape index (κ2) is 5.31. The van der Waals surface area contributed by atoms with Crippen LogP contribution in [-0.4, -0.2) is 43.1 Å². The van der Waals surface area contributed by atoms with E-state index in [1.54, 1.807) is 30.3 Å². The first-order valence-electron chi connectivity index (χ1n) is 6.55. The second-order valence-electron chi connectivity index (χ2n) is 4.70. The van der Waals surface area contributed by atoms with Gasteiger partial charge in [-0.15, -0.1) is 5.10 Å². The van der Waals surface area contributed by atoms with E-state index in [0.717, 1.165) is 12.1 Å². The zero-order valence-corrected chi connectivity index (χ0v) is 11.7. The van der Waals surface area contributed by atoms with E-state index in [4.69, 9.17) is 4.52 Å².